The second-order valence-corrected chi connectivity index (χ2v) is 4.79. The van der Waals surface area contributed by atoms with E-state index in [1.54, 1.807) is 16.2 Å². The highest BCUT2D eigenvalue weighted by Gasteiger charge is 2.18. The largest absolute Gasteiger partial charge is 0.334 e. The van der Waals surface area contributed by atoms with Crippen LogP contribution in [-0.2, 0) is 6.54 Å². The molecule has 0 unspecified atom stereocenters. The highest BCUT2D eigenvalue weighted by Crippen LogP contribution is 2.15. The van der Waals surface area contributed by atoms with Crippen LogP contribution in [0.1, 0.15) is 22.2 Å². The van der Waals surface area contributed by atoms with Gasteiger partial charge in [-0.25, -0.2) is 4.39 Å². The number of hydrogen-bond acceptors (Lipinski definition) is 3. The molecule has 2 heterocycles. The summed E-state index contributed by atoms with van der Waals surface area (Å²) >= 11 is 1.58. The maximum atomic E-state index is 13.5. The number of carbonyl (C=O) groups is 1. The first-order valence-electron chi connectivity index (χ1n) is 5.63. The summed E-state index contributed by atoms with van der Waals surface area (Å²) in [5.41, 5.74) is 0.0726. The molecule has 0 aliphatic rings. The van der Waals surface area contributed by atoms with Crippen LogP contribution in [0.25, 0.3) is 0 Å². The van der Waals surface area contributed by atoms with Crippen LogP contribution < -0.4 is 0 Å². The van der Waals surface area contributed by atoms with Crippen LogP contribution >= 0.6 is 11.3 Å². The van der Waals surface area contributed by atoms with Crippen LogP contribution in [-0.4, -0.2) is 22.3 Å². The molecule has 0 aliphatic heterocycles. The summed E-state index contributed by atoms with van der Waals surface area (Å²) in [4.78, 5) is 18.5. The normalized spacial score (nSPS) is 10.3. The quantitative estimate of drug-likeness (QED) is 0.850. The Balaban J connectivity index is 2.18. The van der Waals surface area contributed by atoms with Gasteiger partial charge in [0, 0.05) is 17.6 Å². The van der Waals surface area contributed by atoms with Gasteiger partial charge in [0.05, 0.1) is 18.3 Å². The molecular formula is C13H13FN2OS. The van der Waals surface area contributed by atoms with Crippen LogP contribution in [0, 0.1) is 5.82 Å². The van der Waals surface area contributed by atoms with Crippen molar-refractivity contribution in [2.75, 3.05) is 6.54 Å². The maximum absolute atomic E-state index is 13.5. The number of halogens is 1. The fourth-order valence-electron chi connectivity index (χ4n) is 1.64. The van der Waals surface area contributed by atoms with Gasteiger partial charge in [0.15, 0.2) is 5.82 Å². The van der Waals surface area contributed by atoms with Crippen molar-refractivity contribution in [1.82, 2.24) is 9.88 Å². The zero-order valence-corrected chi connectivity index (χ0v) is 10.8. The number of nitrogens with zero attached hydrogens (tertiary/aromatic N) is 2. The third kappa shape index (κ3) is 2.73. The van der Waals surface area contributed by atoms with Crippen molar-refractivity contribution in [1.29, 1.82) is 0 Å². The first-order valence-corrected chi connectivity index (χ1v) is 6.51. The highest BCUT2D eigenvalue weighted by molar-refractivity contribution is 7.09. The van der Waals surface area contributed by atoms with Crippen molar-refractivity contribution >= 4 is 17.2 Å². The summed E-state index contributed by atoms with van der Waals surface area (Å²) in [6.45, 7) is 2.93. The number of aromatic nitrogens is 1. The van der Waals surface area contributed by atoms with Gasteiger partial charge in [-0.1, -0.05) is 6.07 Å². The Hall–Kier alpha value is -1.75. The van der Waals surface area contributed by atoms with E-state index in [-0.39, 0.29) is 11.5 Å². The van der Waals surface area contributed by atoms with Crippen LogP contribution in [0.4, 0.5) is 4.39 Å². The van der Waals surface area contributed by atoms with Crippen molar-refractivity contribution < 1.29 is 9.18 Å². The predicted octanol–water partition coefficient (Wildman–Crippen LogP) is 2.94. The van der Waals surface area contributed by atoms with Gasteiger partial charge in [-0.2, -0.15) is 0 Å². The molecule has 0 saturated carbocycles. The van der Waals surface area contributed by atoms with Crippen molar-refractivity contribution in [3.8, 4) is 0 Å². The number of hydrogen-bond donors (Lipinski definition) is 0. The molecule has 0 atom stereocenters. The average Bonchev–Trinajstić information content (AvgIpc) is 2.88. The first-order chi connectivity index (χ1) is 8.72. The Morgan fingerprint density at radius 1 is 1.50 bits per heavy atom. The third-order valence-electron chi connectivity index (χ3n) is 2.60. The van der Waals surface area contributed by atoms with E-state index < -0.39 is 5.82 Å². The van der Waals surface area contributed by atoms with Gasteiger partial charge in [0.1, 0.15) is 0 Å². The SMILES string of the molecule is CCN(Cc1cccs1)C(=O)c1ccncc1F. The molecule has 3 nitrogen and oxygen atoms in total. The van der Waals surface area contributed by atoms with E-state index in [0.717, 1.165) is 11.1 Å². The molecule has 2 aromatic heterocycles. The van der Waals surface area contributed by atoms with Crippen LogP contribution in [0.2, 0.25) is 0 Å². The van der Waals surface area contributed by atoms with Crippen molar-refractivity contribution in [2.45, 2.75) is 13.5 Å². The van der Waals surface area contributed by atoms with Gasteiger partial charge in [0.25, 0.3) is 5.91 Å². The van der Waals surface area contributed by atoms with E-state index in [1.165, 1.54) is 12.3 Å². The first kappa shape index (κ1) is 12.7. The number of rotatable bonds is 4. The van der Waals surface area contributed by atoms with Gasteiger partial charge in [-0.3, -0.25) is 9.78 Å². The molecule has 0 saturated heterocycles. The molecule has 0 fully saturated rings. The minimum absolute atomic E-state index is 0.0726. The fraction of sp³-hybridized carbons (Fsp3) is 0.231. The van der Waals surface area contributed by atoms with E-state index in [0.29, 0.717) is 13.1 Å². The standard InChI is InChI=1S/C13H13FN2OS/c1-2-16(9-10-4-3-7-18-10)13(17)11-5-6-15-8-12(11)14/h3-8H,2,9H2,1H3. The lowest BCUT2D eigenvalue weighted by Gasteiger charge is -2.20. The minimum atomic E-state index is -0.577. The third-order valence-corrected chi connectivity index (χ3v) is 3.46. The van der Waals surface area contributed by atoms with Gasteiger partial charge in [0.2, 0.25) is 0 Å². The van der Waals surface area contributed by atoms with Crippen molar-refractivity contribution in [3.63, 3.8) is 0 Å². The molecule has 0 radical (unpaired) electrons. The van der Waals surface area contributed by atoms with E-state index >= 15 is 0 Å². The highest BCUT2D eigenvalue weighted by atomic mass is 32.1. The number of carbonyl (C=O) groups excluding carboxylic acids is 1. The monoisotopic (exact) mass is 264 g/mol. The lowest BCUT2D eigenvalue weighted by atomic mass is 10.2. The molecule has 0 spiro atoms. The molecule has 0 N–H and O–H groups in total. The number of thiophene rings is 1. The zero-order valence-electron chi connectivity index (χ0n) is 9.97. The van der Waals surface area contributed by atoms with Crippen LogP contribution in [0.15, 0.2) is 36.0 Å². The molecule has 0 aliphatic carbocycles. The summed E-state index contributed by atoms with van der Waals surface area (Å²) in [7, 11) is 0. The second kappa shape index (κ2) is 5.73. The Labute approximate surface area is 109 Å². The minimum Gasteiger partial charge on any atom is -0.334 e. The Bertz CT molecular complexity index is 528. The molecule has 2 aromatic rings. The van der Waals surface area contributed by atoms with E-state index in [9.17, 15) is 9.18 Å². The van der Waals surface area contributed by atoms with E-state index in [2.05, 4.69) is 4.98 Å². The molecule has 5 heteroatoms. The molecule has 94 valence electrons. The Morgan fingerprint density at radius 2 is 2.33 bits per heavy atom. The molecule has 18 heavy (non-hydrogen) atoms. The predicted molar refractivity (Wildman–Crippen MR) is 68.9 cm³/mol. The Kier molecular flexibility index (Phi) is 4.04. The lowest BCUT2D eigenvalue weighted by molar-refractivity contribution is 0.0749. The zero-order chi connectivity index (χ0) is 13.0. The van der Waals surface area contributed by atoms with Gasteiger partial charge < -0.3 is 4.90 Å². The van der Waals surface area contributed by atoms with E-state index in [1.807, 2.05) is 24.4 Å². The van der Waals surface area contributed by atoms with E-state index in [4.69, 9.17) is 0 Å². The maximum Gasteiger partial charge on any atom is 0.257 e. The molecular weight excluding hydrogens is 251 g/mol. The van der Waals surface area contributed by atoms with Gasteiger partial charge in [-0.05, 0) is 24.4 Å². The summed E-state index contributed by atoms with van der Waals surface area (Å²) in [6.07, 6.45) is 2.49. The second-order valence-electron chi connectivity index (χ2n) is 3.75. The fourth-order valence-corrected chi connectivity index (χ4v) is 2.36. The number of pyridine rings is 1. The van der Waals surface area contributed by atoms with Crippen LogP contribution in [0.3, 0.4) is 0 Å². The summed E-state index contributed by atoms with van der Waals surface area (Å²) in [5.74, 6) is -0.877. The summed E-state index contributed by atoms with van der Waals surface area (Å²) < 4.78 is 13.5. The number of amides is 1. The average molecular weight is 264 g/mol. The van der Waals surface area contributed by atoms with Crippen LogP contribution in [0.5, 0.6) is 0 Å². The molecule has 0 bridgehead atoms. The van der Waals surface area contributed by atoms with Crippen molar-refractivity contribution in [2.24, 2.45) is 0 Å². The summed E-state index contributed by atoms with van der Waals surface area (Å²) in [5, 5.41) is 1.96. The van der Waals surface area contributed by atoms with Gasteiger partial charge >= 0.3 is 0 Å². The molecule has 1 amide bonds. The lowest BCUT2D eigenvalue weighted by Crippen LogP contribution is -2.30. The molecule has 0 aromatic carbocycles. The van der Waals surface area contributed by atoms with Gasteiger partial charge in [-0.15, -0.1) is 11.3 Å². The topological polar surface area (TPSA) is 33.2 Å². The van der Waals surface area contributed by atoms with Crippen molar-refractivity contribution in [3.05, 3.63) is 52.2 Å². The smallest absolute Gasteiger partial charge is 0.257 e. The summed E-state index contributed by atoms with van der Waals surface area (Å²) in [6, 6.07) is 5.31. The molecule has 2 rings (SSSR count). The Morgan fingerprint density at radius 3 is 2.94 bits per heavy atom.